The minimum Gasteiger partial charge on any atom is -0.294 e. The van der Waals surface area contributed by atoms with Crippen LogP contribution in [-0.4, -0.2) is 5.78 Å². The number of hydrogen-bond acceptors (Lipinski definition) is 1. The third-order valence-corrected chi connectivity index (χ3v) is 4.25. The van der Waals surface area contributed by atoms with E-state index in [0.29, 0.717) is 16.5 Å². The fraction of sp³-hybridized carbons (Fsp3) is 0.316. The fourth-order valence-electron chi connectivity index (χ4n) is 2.42. The van der Waals surface area contributed by atoms with E-state index in [9.17, 15) is 4.79 Å². The van der Waals surface area contributed by atoms with Crippen LogP contribution in [0.5, 0.6) is 0 Å². The van der Waals surface area contributed by atoms with Crippen molar-refractivity contribution in [3.63, 3.8) is 0 Å². The number of hydrogen-bond donors (Lipinski definition) is 0. The van der Waals surface area contributed by atoms with Crippen molar-refractivity contribution >= 4 is 29.0 Å². The van der Waals surface area contributed by atoms with Gasteiger partial charge in [0.2, 0.25) is 0 Å². The Morgan fingerprint density at radius 1 is 0.955 bits per heavy atom. The van der Waals surface area contributed by atoms with E-state index in [1.54, 1.807) is 6.07 Å². The molecule has 0 aromatic heterocycles. The first-order valence-electron chi connectivity index (χ1n) is 7.70. The van der Waals surface area contributed by atoms with E-state index in [1.165, 1.54) is 12.8 Å². The van der Waals surface area contributed by atoms with Crippen LogP contribution in [0.3, 0.4) is 0 Å². The summed E-state index contributed by atoms with van der Waals surface area (Å²) in [5.41, 5.74) is 2.68. The summed E-state index contributed by atoms with van der Waals surface area (Å²) in [6.07, 6.45) is 5.10. The number of unbranched alkanes of at least 4 members (excludes halogenated alkanes) is 3. The van der Waals surface area contributed by atoms with Crippen molar-refractivity contribution in [2.75, 3.05) is 0 Å². The van der Waals surface area contributed by atoms with Crippen molar-refractivity contribution in [3.8, 4) is 11.1 Å². The Bertz CT molecular complexity index is 632. The summed E-state index contributed by atoms with van der Waals surface area (Å²) in [4.78, 5) is 12.1. The molecular weight excluding hydrogens is 315 g/mol. The zero-order chi connectivity index (χ0) is 15.9. The van der Waals surface area contributed by atoms with Crippen LogP contribution < -0.4 is 0 Å². The summed E-state index contributed by atoms with van der Waals surface area (Å²) in [5.74, 6) is 0.213. The molecule has 0 saturated heterocycles. The maximum atomic E-state index is 12.1. The van der Waals surface area contributed by atoms with Gasteiger partial charge in [0.15, 0.2) is 5.78 Å². The Morgan fingerprint density at radius 2 is 1.68 bits per heavy atom. The van der Waals surface area contributed by atoms with Crippen LogP contribution in [0.2, 0.25) is 10.0 Å². The van der Waals surface area contributed by atoms with Gasteiger partial charge in [0.25, 0.3) is 0 Å². The van der Waals surface area contributed by atoms with Gasteiger partial charge in [0.05, 0.1) is 0 Å². The van der Waals surface area contributed by atoms with Gasteiger partial charge in [-0.1, -0.05) is 79.7 Å². The van der Waals surface area contributed by atoms with Gasteiger partial charge >= 0.3 is 0 Å². The van der Waals surface area contributed by atoms with Gasteiger partial charge in [-0.15, -0.1) is 0 Å². The Kier molecular flexibility index (Phi) is 6.48. The Hall–Kier alpha value is -1.31. The summed E-state index contributed by atoms with van der Waals surface area (Å²) < 4.78 is 0. The predicted molar refractivity (Wildman–Crippen MR) is 95.0 cm³/mol. The molecule has 0 radical (unpaired) electrons. The van der Waals surface area contributed by atoms with Crippen LogP contribution >= 0.6 is 23.2 Å². The highest BCUT2D eigenvalue weighted by atomic mass is 35.5. The van der Waals surface area contributed by atoms with Crippen molar-refractivity contribution < 1.29 is 4.79 Å². The second-order valence-corrected chi connectivity index (χ2v) is 6.28. The van der Waals surface area contributed by atoms with Crippen molar-refractivity contribution in [3.05, 3.63) is 58.1 Å². The van der Waals surface area contributed by atoms with Crippen molar-refractivity contribution in [1.29, 1.82) is 0 Å². The minimum atomic E-state index is 0.213. The molecule has 0 fully saturated rings. The number of benzene rings is 2. The normalized spacial score (nSPS) is 10.7. The summed E-state index contributed by atoms with van der Waals surface area (Å²) in [7, 11) is 0. The molecule has 0 amide bonds. The molecule has 0 saturated carbocycles. The predicted octanol–water partition coefficient (Wildman–Crippen LogP) is 6.81. The Morgan fingerprint density at radius 3 is 2.32 bits per heavy atom. The smallest absolute Gasteiger partial charge is 0.162 e. The maximum Gasteiger partial charge on any atom is 0.162 e. The quantitative estimate of drug-likeness (QED) is 0.401. The molecule has 0 unspecified atom stereocenters. The molecule has 0 atom stereocenters. The second-order valence-electron chi connectivity index (χ2n) is 5.44. The van der Waals surface area contributed by atoms with Crippen LogP contribution in [0.15, 0.2) is 42.5 Å². The van der Waals surface area contributed by atoms with Crippen LogP contribution in [0.1, 0.15) is 49.4 Å². The van der Waals surface area contributed by atoms with Crippen molar-refractivity contribution in [1.82, 2.24) is 0 Å². The van der Waals surface area contributed by atoms with Gasteiger partial charge in [-0.2, -0.15) is 0 Å². The third-order valence-electron chi connectivity index (χ3n) is 3.71. The monoisotopic (exact) mass is 334 g/mol. The molecule has 2 aromatic rings. The number of Topliss-reactive ketones (excluding diaryl/α,β-unsaturated/α-hetero) is 1. The summed E-state index contributed by atoms with van der Waals surface area (Å²) in [6, 6.07) is 13.1. The van der Waals surface area contributed by atoms with E-state index in [2.05, 4.69) is 6.92 Å². The van der Waals surface area contributed by atoms with Gasteiger partial charge < -0.3 is 0 Å². The first-order valence-corrected chi connectivity index (χ1v) is 8.46. The molecule has 0 spiro atoms. The van der Waals surface area contributed by atoms with Crippen LogP contribution in [-0.2, 0) is 0 Å². The molecule has 0 N–H and O–H groups in total. The lowest BCUT2D eigenvalue weighted by Gasteiger charge is -2.06. The zero-order valence-electron chi connectivity index (χ0n) is 12.7. The SMILES string of the molecule is CCCCCCC(=O)c1ccc(-c2ccc(Cl)cc2Cl)cc1. The highest BCUT2D eigenvalue weighted by Gasteiger charge is 2.08. The van der Waals surface area contributed by atoms with E-state index in [0.717, 1.165) is 29.5 Å². The van der Waals surface area contributed by atoms with E-state index < -0.39 is 0 Å². The topological polar surface area (TPSA) is 17.1 Å². The van der Waals surface area contributed by atoms with Crippen molar-refractivity contribution in [2.24, 2.45) is 0 Å². The van der Waals surface area contributed by atoms with Gasteiger partial charge in [-0.25, -0.2) is 0 Å². The Balaban J connectivity index is 2.05. The molecule has 0 aliphatic heterocycles. The molecule has 0 aliphatic rings. The highest BCUT2D eigenvalue weighted by molar-refractivity contribution is 6.36. The van der Waals surface area contributed by atoms with Crippen molar-refractivity contribution in [2.45, 2.75) is 39.0 Å². The first kappa shape index (κ1) is 17.1. The number of carbonyl (C=O) groups is 1. The molecule has 22 heavy (non-hydrogen) atoms. The number of ketones is 1. The minimum absolute atomic E-state index is 0.213. The molecule has 0 heterocycles. The van der Waals surface area contributed by atoms with E-state index in [1.807, 2.05) is 36.4 Å². The lowest BCUT2D eigenvalue weighted by atomic mass is 10.00. The maximum absolute atomic E-state index is 12.1. The number of carbonyl (C=O) groups excluding carboxylic acids is 1. The molecular formula is C19H20Cl2O. The van der Waals surface area contributed by atoms with Crippen LogP contribution in [0.25, 0.3) is 11.1 Å². The summed E-state index contributed by atoms with van der Waals surface area (Å²) in [5, 5.41) is 1.23. The van der Waals surface area contributed by atoms with Gasteiger partial charge in [0, 0.05) is 27.6 Å². The fourth-order valence-corrected chi connectivity index (χ4v) is 2.93. The molecule has 2 rings (SSSR count). The lowest BCUT2D eigenvalue weighted by Crippen LogP contribution is -1.98. The average molecular weight is 335 g/mol. The van der Waals surface area contributed by atoms with Crippen LogP contribution in [0.4, 0.5) is 0 Å². The van der Waals surface area contributed by atoms with Gasteiger partial charge in [-0.05, 0) is 24.1 Å². The molecule has 0 aliphatic carbocycles. The highest BCUT2D eigenvalue weighted by Crippen LogP contribution is 2.30. The average Bonchev–Trinajstić information content (AvgIpc) is 2.52. The van der Waals surface area contributed by atoms with Crippen LogP contribution in [0, 0.1) is 0 Å². The van der Waals surface area contributed by atoms with Gasteiger partial charge in [-0.3, -0.25) is 4.79 Å². The van der Waals surface area contributed by atoms with E-state index in [-0.39, 0.29) is 5.78 Å². The Labute approximate surface area is 142 Å². The number of rotatable bonds is 7. The largest absolute Gasteiger partial charge is 0.294 e. The zero-order valence-corrected chi connectivity index (χ0v) is 14.3. The standard InChI is InChI=1S/C19H20Cl2O/c1-2-3-4-5-6-19(22)15-9-7-14(8-10-15)17-12-11-16(20)13-18(17)21/h7-13H,2-6H2,1H3. The summed E-state index contributed by atoms with van der Waals surface area (Å²) >= 11 is 12.1. The molecule has 2 aromatic carbocycles. The second kappa shape index (κ2) is 8.36. The lowest BCUT2D eigenvalue weighted by molar-refractivity contribution is 0.0979. The summed E-state index contributed by atoms with van der Waals surface area (Å²) in [6.45, 7) is 2.17. The molecule has 1 nitrogen and oxygen atoms in total. The van der Waals surface area contributed by atoms with E-state index in [4.69, 9.17) is 23.2 Å². The molecule has 116 valence electrons. The molecule has 3 heteroatoms. The third kappa shape index (κ3) is 4.59. The number of halogens is 2. The molecule has 0 bridgehead atoms. The van der Waals surface area contributed by atoms with Gasteiger partial charge in [0.1, 0.15) is 0 Å². The first-order chi connectivity index (χ1) is 10.6. The van der Waals surface area contributed by atoms with E-state index >= 15 is 0 Å².